The van der Waals surface area contributed by atoms with Crippen molar-refractivity contribution in [1.29, 1.82) is 0 Å². The fourth-order valence-electron chi connectivity index (χ4n) is 6.40. The van der Waals surface area contributed by atoms with Crippen LogP contribution in [0.25, 0.3) is 5.57 Å². The van der Waals surface area contributed by atoms with E-state index >= 15 is 4.39 Å². The molecule has 10 heteroatoms. The molecule has 0 radical (unpaired) electrons. The quantitative estimate of drug-likeness (QED) is 0.464. The van der Waals surface area contributed by atoms with E-state index in [0.717, 1.165) is 50.1 Å². The molecule has 0 saturated carbocycles. The number of fused-ring (bicyclic) bond motifs is 1. The zero-order valence-corrected chi connectivity index (χ0v) is 24.2. The van der Waals surface area contributed by atoms with Gasteiger partial charge in [-0.3, -0.25) is 4.99 Å². The van der Waals surface area contributed by atoms with Gasteiger partial charge >= 0.3 is 0 Å². The van der Waals surface area contributed by atoms with Crippen LogP contribution in [0.3, 0.4) is 0 Å². The Morgan fingerprint density at radius 1 is 1.12 bits per heavy atom. The molecule has 3 aliphatic rings. The van der Waals surface area contributed by atoms with Crippen molar-refractivity contribution in [2.24, 2.45) is 10.9 Å². The van der Waals surface area contributed by atoms with E-state index in [9.17, 15) is 4.39 Å². The third-order valence-corrected chi connectivity index (χ3v) is 8.57. The average molecular weight is 551 g/mol. The van der Waals surface area contributed by atoms with Crippen LogP contribution in [0, 0.1) is 11.7 Å². The minimum absolute atomic E-state index is 0.0354. The summed E-state index contributed by atoms with van der Waals surface area (Å²) >= 11 is 0. The SMILES string of the molecule is CCN1CCC([C@@H](NC)c2ccc(Nc3ncc(F)c(C4=CC5N(C(C)C)C(C)=NC5(C)C(F)=C4)n3)nc2)CC1. The minimum Gasteiger partial charge on any atom is -0.349 e. The predicted molar refractivity (Wildman–Crippen MR) is 156 cm³/mol. The van der Waals surface area contributed by atoms with Crippen LogP contribution >= 0.6 is 0 Å². The van der Waals surface area contributed by atoms with Crippen molar-refractivity contribution >= 4 is 23.2 Å². The highest BCUT2D eigenvalue weighted by Gasteiger charge is 2.49. The lowest BCUT2D eigenvalue weighted by atomic mass is 9.84. The molecule has 3 atom stereocenters. The average Bonchev–Trinajstić information content (AvgIpc) is 3.22. The maximum atomic E-state index is 15.4. The molecule has 2 N–H and O–H groups in total. The maximum absolute atomic E-state index is 15.4. The van der Waals surface area contributed by atoms with Gasteiger partial charge in [-0.25, -0.2) is 23.7 Å². The Balaban J connectivity index is 1.34. The maximum Gasteiger partial charge on any atom is 0.229 e. The molecule has 2 aromatic rings. The van der Waals surface area contributed by atoms with E-state index in [2.05, 4.69) is 53.4 Å². The number of rotatable bonds is 8. The molecule has 0 spiro atoms. The number of piperidine rings is 1. The van der Waals surface area contributed by atoms with E-state index in [-0.39, 0.29) is 29.8 Å². The number of halogens is 2. The number of hydrogen-bond acceptors (Lipinski definition) is 8. The molecular formula is C30H40F2N8. The molecular weight excluding hydrogens is 510 g/mol. The summed E-state index contributed by atoms with van der Waals surface area (Å²) in [4.78, 5) is 22.3. The molecule has 8 nitrogen and oxygen atoms in total. The van der Waals surface area contributed by atoms with Crippen LogP contribution in [0.15, 0.2) is 47.5 Å². The van der Waals surface area contributed by atoms with E-state index in [1.165, 1.54) is 6.08 Å². The van der Waals surface area contributed by atoms with E-state index in [1.807, 2.05) is 46.2 Å². The molecule has 0 amide bonds. The molecule has 1 saturated heterocycles. The third-order valence-electron chi connectivity index (χ3n) is 8.57. The number of amidine groups is 1. The van der Waals surface area contributed by atoms with Crippen molar-refractivity contribution in [3.8, 4) is 0 Å². The second kappa shape index (κ2) is 11.3. The van der Waals surface area contributed by atoms with Crippen molar-refractivity contribution in [2.75, 3.05) is 32.0 Å². The lowest BCUT2D eigenvalue weighted by molar-refractivity contribution is 0.167. The zero-order chi connectivity index (χ0) is 28.6. The number of nitrogens with one attached hydrogen (secondary N) is 2. The van der Waals surface area contributed by atoms with E-state index in [0.29, 0.717) is 17.3 Å². The molecule has 0 bridgehead atoms. The van der Waals surface area contributed by atoms with Crippen LogP contribution in [0.1, 0.15) is 64.8 Å². The Labute approximate surface area is 235 Å². The topological polar surface area (TPSA) is 81.6 Å². The highest BCUT2D eigenvalue weighted by Crippen LogP contribution is 2.43. The minimum atomic E-state index is -1.04. The summed E-state index contributed by atoms with van der Waals surface area (Å²) in [6, 6.07) is 3.90. The van der Waals surface area contributed by atoms with Gasteiger partial charge in [0.05, 0.1) is 18.1 Å². The summed E-state index contributed by atoms with van der Waals surface area (Å²) in [5.74, 6) is 1.02. The van der Waals surface area contributed by atoms with Gasteiger partial charge in [-0.05, 0) is 96.9 Å². The van der Waals surface area contributed by atoms with Crippen LogP contribution in [0.4, 0.5) is 20.5 Å². The van der Waals surface area contributed by atoms with Crippen LogP contribution in [-0.2, 0) is 0 Å². The first kappa shape index (κ1) is 28.3. The van der Waals surface area contributed by atoms with Gasteiger partial charge in [-0.2, -0.15) is 0 Å². The number of anilines is 2. The first-order chi connectivity index (χ1) is 19.1. The fraction of sp³-hybridized carbons (Fsp3) is 0.533. The van der Waals surface area contributed by atoms with Crippen LogP contribution in [-0.4, -0.2) is 74.9 Å². The summed E-state index contributed by atoms with van der Waals surface area (Å²) in [7, 11) is 2.00. The van der Waals surface area contributed by atoms with Crippen LogP contribution in [0.2, 0.25) is 0 Å². The van der Waals surface area contributed by atoms with Gasteiger partial charge in [0.1, 0.15) is 22.9 Å². The number of likely N-dealkylation sites (tertiary alicyclic amines) is 1. The summed E-state index contributed by atoms with van der Waals surface area (Å²) < 4.78 is 30.4. The normalized spacial score (nSPS) is 24.5. The molecule has 1 aliphatic carbocycles. The summed E-state index contributed by atoms with van der Waals surface area (Å²) in [5.41, 5.74) is 0.497. The number of pyridine rings is 1. The lowest BCUT2D eigenvalue weighted by Gasteiger charge is -2.37. The molecule has 2 aromatic heterocycles. The van der Waals surface area contributed by atoms with E-state index < -0.39 is 17.2 Å². The van der Waals surface area contributed by atoms with Crippen molar-refractivity contribution in [3.63, 3.8) is 0 Å². The third kappa shape index (κ3) is 5.26. The molecule has 1 fully saturated rings. The molecule has 0 aromatic carbocycles. The Bertz CT molecular complexity index is 1310. The Kier molecular flexibility index (Phi) is 8.01. The predicted octanol–water partition coefficient (Wildman–Crippen LogP) is 5.27. The number of allylic oxidation sites excluding steroid dienone is 2. The van der Waals surface area contributed by atoms with E-state index in [4.69, 9.17) is 0 Å². The van der Waals surface area contributed by atoms with Gasteiger partial charge in [-0.15, -0.1) is 0 Å². The summed E-state index contributed by atoms with van der Waals surface area (Å²) in [6.07, 6.45) is 8.46. The largest absolute Gasteiger partial charge is 0.349 e. The van der Waals surface area contributed by atoms with Gasteiger partial charge < -0.3 is 20.4 Å². The highest BCUT2D eigenvalue weighted by atomic mass is 19.1. The van der Waals surface area contributed by atoms with Crippen LogP contribution in [0.5, 0.6) is 0 Å². The molecule has 5 rings (SSSR count). The lowest BCUT2D eigenvalue weighted by Crippen LogP contribution is -2.48. The molecule has 40 heavy (non-hydrogen) atoms. The first-order valence-electron chi connectivity index (χ1n) is 14.2. The zero-order valence-electron chi connectivity index (χ0n) is 24.2. The standard InChI is InChI=1S/C30H40F2N8/c1-7-39-12-10-20(11-13-39)27(33-6)21-8-9-26(34-16-21)36-29-35-17-23(31)28(37-29)22-14-24(32)30(5)25(15-22)40(18(2)3)19(4)38-30/h8-9,14-18,20,25,27,33H,7,10-13H2,1-6H3,(H,34,35,36,37)/t25?,27-,30?/m1/s1. The fourth-order valence-corrected chi connectivity index (χ4v) is 6.40. The molecule has 214 valence electrons. The number of nitrogens with zero attached hydrogens (tertiary/aromatic N) is 6. The first-order valence-corrected chi connectivity index (χ1v) is 14.2. The van der Waals surface area contributed by atoms with Gasteiger partial charge in [0, 0.05) is 23.9 Å². The van der Waals surface area contributed by atoms with Crippen molar-refractivity contribution in [3.05, 3.63) is 59.6 Å². The Morgan fingerprint density at radius 2 is 1.88 bits per heavy atom. The van der Waals surface area contributed by atoms with Gasteiger partial charge in [0.15, 0.2) is 5.82 Å². The van der Waals surface area contributed by atoms with E-state index in [1.54, 1.807) is 6.92 Å². The number of hydrogen-bond donors (Lipinski definition) is 2. The summed E-state index contributed by atoms with van der Waals surface area (Å²) in [6.45, 7) is 13.3. The highest BCUT2D eigenvalue weighted by molar-refractivity contribution is 5.87. The monoisotopic (exact) mass is 550 g/mol. The van der Waals surface area contributed by atoms with Gasteiger partial charge in [0.25, 0.3) is 0 Å². The number of aliphatic imine (C=N–C) groups is 1. The van der Waals surface area contributed by atoms with Crippen molar-refractivity contribution < 1.29 is 8.78 Å². The smallest absolute Gasteiger partial charge is 0.229 e. The molecule has 4 heterocycles. The second-order valence-corrected chi connectivity index (χ2v) is 11.4. The summed E-state index contributed by atoms with van der Waals surface area (Å²) in [5, 5.41) is 6.56. The second-order valence-electron chi connectivity index (χ2n) is 11.4. The van der Waals surface area contributed by atoms with Gasteiger partial charge in [-0.1, -0.05) is 13.0 Å². The number of aromatic nitrogens is 3. The van der Waals surface area contributed by atoms with Crippen molar-refractivity contribution in [2.45, 2.75) is 71.1 Å². The van der Waals surface area contributed by atoms with Crippen LogP contribution < -0.4 is 10.6 Å². The molecule has 2 unspecified atom stereocenters. The molecule has 2 aliphatic heterocycles. The van der Waals surface area contributed by atoms with Gasteiger partial charge in [0.2, 0.25) is 5.95 Å². The Morgan fingerprint density at radius 3 is 2.50 bits per heavy atom. The Hall–Kier alpha value is -3.24. The van der Waals surface area contributed by atoms with Crippen molar-refractivity contribution in [1.82, 2.24) is 30.1 Å².